The Bertz CT molecular complexity index is 475. The summed E-state index contributed by atoms with van der Waals surface area (Å²) in [4.78, 5) is 24.2. The van der Waals surface area contributed by atoms with Crippen LogP contribution in [0.2, 0.25) is 5.02 Å². The lowest BCUT2D eigenvalue weighted by Crippen LogP contribution is -2.32. The number of halogens is 1. The summed E-state index contributed by atoms with van der Waals surface area (Å²) in [5, 5.41) is 0.556. The van der Waals surface area contributed by atoms with Crippen molar-refractivity contribution in [3.05, 3.63) is 34.9 Å². The van der Waals surface area contributed by atoms with Gasteiger partial charge in [-0.25, -0.2) is 0 Å². The Kier molecular flexibility index (Phi) is 6.69. The Labute approximate surface area is 130 Å². The Morgan fingerprint density at radius 1 is 1.05 bits per heavy atom. The highest BCUT2D eigenvalue weighted by Gasteiger charge is 2.31. The number of benzene rings is 1. The fourth-order valence-electron chi connectivity index (χ4n) is 1.79. The minimum Gasteiger partial charge on any atom is -0.462 e. The van der Waals surface area contributed by atoms with Crippen molar-refractivity contribution in [3.63, 3.8) is 0 Å². The lowest BCUT2D eigenvalue weighted by Gasteiger charge is -2.18. The first-order chi connectivity index (χ1) is 9.79. The van der Waals surface area contributed by atoms with Crippen LogP contribution >= 0.6 is 11.6 Å². The summed E-state index contributed by atoms with van der Waals surface area (Å²) in [6, 6.07) is 7.04. The van der Waals surface area contributed by atoms with Crippen molar-refractivity contribution in [3.8, 4) is 0 Å². The number of hydrogen-bond donors (Lipinski definition) is 0. The third kappa shape index (κ3) is 6.17. The summed E-state index contributed by atoms with van der Waals surface area (Å²) < 4.78 is 10.3. The summed E-state index contributed by atoms with van der Waals surface area (Å²) in [6.07, 6.45) is -0.366. The molecule has 1 aromatic carbocycles. The minimum atomic E-state index is -0.978. The molecule has 0 N–H and O–H groups in total. The molecule has 0 aliphatic heterocycles. The van der Waals surface area contributed by atoms with Gasteiger partial charge in [0.1, 0.15) is 0 Å². The molecule has 0 bridgehead atoms. The molecule has 0 fully saturated rings. The molecule has 0 heterocycles. The molecule has 0 amide bonds. The van der Waals surface area contributed by atoms with E-state index in [2.05, 4.69) is 0 Å². The number of rotatable bonds is 6. The third-order valence-electron chi connectivity index (χ3n) is 2.60. The van der Waals surface area contributed by atoms with Crippen LogP contribution in [0.4, 0.5) is 0 Å². The lowest BCUT2D eigenvalue weighted by molar-refractivity contribution is -0.166. The zero-order chi connectivity index (χ0) is 16.0. The van der Waals surface area contributed by atoms with Crippen LogP contribution in [0, 0.1) is 5.92 Å². The van der Waals surface area contributed by atoms with Crippen molar-refractivity contribution in [2.75, 3.05) is 0 Å². The van der Waals surface area contributed by atoms with Gasteiger partial charge in [-0.05, 0) is 51.8 Å². The van der Waals surface area contributed by atoms with E-state index < -0.39 is 17.9 Å². The van der Waals surface area contributed by atoms with Gasteiger partial charge in [0.2, 0.25) is 0 Å². The second kappa shape index (κ2) is 8.03. The number of ether oxygens (including phenoxy) is 2. The number of carbonyl (C=O) groups is 2. The largest absolute Gasteiger partial charge is 0.462 e. The summed E-state index contributed by atoms with van der Waals surface area (Å²) in [5.74, 6) is -2.13. The molecule has 1 aromatic rings. The molecular formula is C16H21ClO4. The highest BCUT2D eigenvalue weighted by molar-refractivity contribution is 6.30. The van der Waals surface area contributed by atoms with E-state index in [0.29, 0.717) is 5.02 Å². The maximum absolute atomic E-state index is 12.1. The van der Waals surface area contributed by atoms with Crippen molar-refractivity contribution in [2.45, 2.75) is 46.3 Å². The van der Waals surface area contributed by atoms with Crippen molar-refractivity contribution in [2.24, 2.45) is 5.92 Å². The second-order valence-corrected chi connectivity index (χ2v) is 5.79. The van der Waals surface area contributed by atoms with Crippen molar-refractivity contribution >= 4 is 23.5 Å². The van der Waals surface area contributed by atoms with E-state index in [1.807, 2.05) is 6.07 Å². The zero-order valence-electron chi connectivity index (χ0n) is 12.8. The summed E-state index contributed by atoms with van der Waals surface area (Å²) in [6.45, 7) is 6.95. The van der Waals surface area contributed by atoms with Crippen molar-refractivity contribution in [1.29, 1.82) is 0 Å². The Hall–Kier alpha value is -1.55. The fraction of sp³-hybridized carbons (Fsp3) is 0.500. The van der Waals surface area contributed by atoms with Gasteiger partial charge in [-0.1, -0.05) is 23.7 Å². The van der Waals surface area contributed by atoms with Gasteiger partial charge >= 0.3 is 11.9 Å². The quantitative estimate of drug-likeness (QED) is 0.597. The van der Waals surface area contributed by atoms with Crippen LogP contribution in [0.25, 0.3) is 0 Å². The molecule has 0 atom stereocenters. The monoisotopic (exact) mass is 312 g/mol. The van der Waals surface area contributed by atoms with Gasteiger partial charge < -0.3 is 9.47 Å². The normalized spacial score (nSPS) is 11.0. The van der Waals surface area contributed by atoms with Gasteiger partial charge in [0, 0.05) is 5.02 Å². The average Bonchev–Trinajstić information content (AvgIpc) is 2.34. The first-order valence-electron chi connectivity index (χ1n) is 6.95. The number of esters is 2. The predicted molar refractivity (Wildman–Crippen MR) is 81.1 cm³/mol. The van der Waals surface area contributed by atoms with E-state index in [1.165, 1.54) is 0 Å². The smallest absolute Gasteiger partial charge is 0.320 e. The highest BCUT2D eigenvalue weighted by Crippen LogP contribution is 2.18. The van der Waals surface area contributed by atoms with Crippen LogP contribution in [0.1, 0.15) is 33.3 Å². The number of hydrogen-bond acceptors (Lipinski definition) is 4. The van der Waals surface area contributed by atoms with Gasteiger partial charge in [-0.2, -0.15) is 0 Å². The maximum Gasteiger partial charge on any atom is 0.320 e. The molecule has 0 aromatic heterocycles. The van der Waals surface area contributed by atoms with Crippen molar-refractivity contribution < 1.29 is 19.1 Å². The van der Waals surface area contributed by atoms with Crippen LogP contribution in [0.15, 0.2) is 24.3 Å². The first kappa shape index (κ1) is 17.5. The van der Waals surface area contributed by atoms with Crippen LogP contribution in [-0.2, 0) is 25.5 Å². The SMILES string of the molecule is CC(C)OC(=O)C(Cc1cccc(Cl)c1)C(=O)OC(C)C. The molecule has 0 spiro atoms. The molecule has 4 nitrogen and oxygen atoms in total. The summed E-state index contributed by atoms with van der Waals surface area (Å²) >= 11 is 5.92. The fourth-order valence-corrected chi connectivity index (χ4v) is 2.00. The van der Waals surface area contributed by atoms with Gasteiger partial charge in [-0.3, -0.25) is 9.59 Å². The standard InChI is InChI=1S/C16H21ClO4/c1-10(2)20-15(18)14(16(19)21-11(3)4)9-12-6-5-7-13(17)8-12/h5-8,10-11,14H,9H2,1-4H3. The minimum absolute atomic E-state index is 0.206. The molecule has 21 heavy (non-hydrogen) atoms. The third-order valence-corrected chi connectivity index (χ3v) is 2.84. The number of carbonyl (C=O) groups excluding carboxylic acids is 2. The molecule has 116 valence electrons. The van der Waals surface area contributed by atoms with Crippen LogP contribution < -0.4 is 0 Å². The Morgan fingerprint density at radius 3 is 2.00 bits per heavy atom. The van der Waals surface area contributed by atoms with E-state index in [9.17, 15) is 9.59 Å². The molecule has 0 radical (unpaired) electrons. The second-order valence-electron chi connectivity index (χ2n) is 5.36. The predicted octanol–water partition coefficient (Wildman–Crippen LogP) is 3.40. The molecule has 5 heteroatoms. The molecular weight excluding hydrogens is 292 g/mol. The molecule has 0 aliphatic carbocycles. The Balaban J connectivity index is 2.90. The van der Waals surface area contributed by atoms with Gasteiger partial charge in [0.15, 0.2) is 5.92 Å². The van der Waals surface area contributed by atoms with E-state index in [0.717, 1.165) is 5.56 Å². The topological polar surface area (TPSA) is 52.6 Å². The van der Waals surface area contributed by atoms with E-state index >= 15 is 0 Å². The molecule has 0 saturated heterocycles. The van der Waals surface area contributed by atoms with Crippen LogP contribution in [-0.4, -0.2) is 24.1 Å². The van der Waals surface area contributed by atoms with Crippen LogP contribution in [0.3, 0.4) is 0 Å². The Morgan fingerprint density at radius 2 is 1.57 bits per heavy atom. The lowest BCUT2D eigenvalue weighted by atomic mass is 9.99. The van der Waals surface area contributed by atoms with Gasteiger partial charge in [-0.15, -0.1) is 0 Å². The van der Waals surface area contributed by atoms with Crippen LogP contribution in [0.5, 0.6) is 0 Å². The molecule has 0 unspecified atom stereocenters. The summed E-state index contributed by atoms with van der Waals surface area (Å²) in [5.41, 5.74) is 0.786. The zero-order valence-corrected chi connectivity index (χ0v) is 13.5. The highest BCUT2D eigenvalue weighted by atomic mass is 35.5. The molecule has 0 aliphatic rings. The van der Waals surface area contributed by atoms with Crippen molar-refractivity contribution in [1.82, 2.24) is 0 Å². The van der Waals surface area contributed by atoms with Gasteiger partial charge in [0.25, 0.3) is 0 Å². The van der Waals surface area contributed by atoms with E-state index in [4.69, 9.17) is 21.1 Å². The van der Waals surface area contributed by atoms with E-state index in [-0.39, 0.29) is 18.6 Å². The van der Waals surface area contributed by atoms with Gasteiger partial charge in [0.05, 0.1) is 12.2 Å². The average molecular weight is 313 g/mol. The first-order valence-corrected chi connectivity index (χ1v) is 7.32. The summed E-state index contributed by atoms with van der Waals surface area (Å²) in [7, 11) is 0. The maximum atomic E-state index is 12.1. The molecule has 1 rings (SSSR count). The van der Waals surface area contributed by atoms with E-state index in [1.54, 1.807) is 45.9 Å². The molecule has 0 saturated carbocycles.